The molecular weight excluding hydrogens is 540 g/mol. The van der Waals surface area contributed by atoms with Gasteiger partial charge in [0, 0.05) is 5.41 Å². The quantitative estimate of drug-likeness (QED) is 0.183. The van der Waals surface area contributed by atoms with Crippen LogP contribution in [0.2, 0.25) is 0 Å². The zero-order chi connectivity index (χ0) is 30.9. The number of hydrogen-bond acceptors (Lipinski definition) is 0. The smallest absolute Gasteiger partial charge is 0.0159 e. The average Bonchev–Trinajstić information content (AvgIpc) is 3.29. The van der Waals surface area contributed by atoms with Gasteiger partial charge < -0.3 is 0 Å². The number of benzene rings is 7. The van der Waals surface area contributed by atoms with Crippen molar-refractivity contribution in [3.63, 3.8) is 0 Å². The van der Waals surface area contributed by atoms with Crippen LogP contribution in [0.5, 0.6) is 0 Å². The Morgan fingerprint density at radius 3 is 1.58 bits per heavy atom. The number of rotatable bonds is 3. The molecule has 0 bridgehead atoms. The first-order valence-corrected chi connectivity index (χ1v) is 16.1. The SMILES string of the molecule is CC(C)(C)c1ccc2c(c1)C(C)(C)c1cc(-c3cccc(-c4cccc(-c5ccc6c(ccc7ccccc76)c5)c4)c3)ccc1-2. The lowest BCUT2D eigenvalue weighted by atomic mass is 9.78. The van der Waals surface area contributed by atoms with Crippen molar-refractivity contribution in [3.8, 4) is 44.5 Å². The van der Waals surface area contributed by atoms with Crippen molar-refractivity contribution < 1.29 is 0 Å². The van der Waals surface area contributed by atoms with Crippen LogP contribution in [-0.2, 0) is 10.8 Å². The topological polar surface area (TPSA) is 0 Å². The van der Waals surface area contributed by atoms with E-state index in [0.29, 0.717) is 0 Å². The maximum atomic E-state index is 2.44. The highest BCUT2D eigenvalue weighted by atomic mass is 14.4. The van der Waals surface area contributed by atoms with Gasteiger partial charge in [-0.3, -0.25) is 0 Å². The number of fused-ring (bicyclic) bond motifs is 6. The molecule has 0 N–H and O–H groups in total. The van der Waals surface area contributed by atoms with Crippen LogP contribution in [0.15, 0.2) is 140 Å². The molecule has 0 unspecified atom stereocenters. The summed E-state index contributed by atoms with van der Waals surface area (Å²) in [7, 11) is 0. The van der Waals surface area contributed by atoms with Gasteiger partial charge in [0.15, 0.2) is 0 Å². The van der Waals surface area contributed by atoms with Crippen molar-refractivity contribution in [2.45, 2.75) is 45.4 Å². The Bertz CT molecular complexity index is 2270. The normalized spacial score (nSPS) is 13.6. The third-order valence-electron chi connectivity index (χ3n) is 10.0. The first-order chi connectivity index (χ1) is 21.7. The minimum atomic E-state index is -0.0416. The molecule has 1 aliphatic carbocycles. The molecule has 8 rings (SSSR count). The fraction of sp³-hybridized carbons (Fsp3) is 0.156. The summed E-state index contributed by atoms with van der Waals surface area (Å²) in [5.74, 6) is 0. The molecule has 45 heavy (non-hydrogen) atoms. The molecule has 0 atom stereocenters. The van der Waals surface area contributed by atoms with Crippen LogP contribution in [0.3, 0.4) is 0 Å². The molecule has 0 spiro atoms. The van der Waals surface area contributed by atoms with Gasteiger partial charge in [0.1, 0.15) is 0 Å². The maximum Gasteiger partial charge on any atom is 0.0159 e. The van der Waals surface area contributed by atoms with Gasteiger partial charge in [-0.25, -0.2) is 0 Å². The van der Waals surface area contributed by atoms with Crippen LogP contribution < -0.4 is 0 Å². The van der Waals surface area contributed by atoms with Crippen LogP contribution in [0.4, 0.5) is 0 Å². The van der Waals surface area contributed by atoms with E-state index in [4.69, 9.17) is 0 Å². The van der Waals surface area contributed by atoms with Crippen molar-refractivity contribution in [2.75, 3.05) is 0 Å². The molecule has 0 saturated heterocycles. The second kappa shape index (κ2) is 10.0. The lowest BCUT2D eigenvalue weighted by molar-refractivity contribution is 0.584. The molecule has 0 saturated carbocycles. The summed E-state index contributed by atoms with van der Waals surface area (Å²) in [5.41, 5.74) is 14.5. The molecule has 218 valence electrons. The third kappa shape index (κ3) is 4.59. The Kier molecular flexibility index (Phi) is 6.16. The summed E-state index contributed by atoms with van der Waals surface area (Å²) >= 11 is 0. The standard InChI is InChI=1S/C45H38/c1-44(2,3)37-20-23-41-40-22-19-35(27-42(40)45(4,5)43(41)28-37)33-14-9-12-31(25-33)30-11-8-13-32(24-30)34-18-21-39-36(26-34)17-16-29-10-6-7-15-38(29)39/h6-28H,1-5H3. The fourth-order valence-corrected chi connectivity index (χ4v) is 7.33. The molecule has 0 heterocycles. The van der Waals surface area contributed by atoms with Crippen LogP contribution in [0, 0.1) is 0 Å². The predicted octanol–water partition coefficient (Wildman–Crippen LogP) is 12.6. The summed E-state index contributed by atoms with van der Waals surface area (Å²) in [5, 5.41) is 5.16. The van der Waals surface area contributed by atoms with E-state index in [9.17, 15) is 0 Å². The Morgan fingerprint density at radius 2 is 0.911 bits per heavy atom. The molecule has 0 aliphatic heterocycles. The van der Waals surface area contributed by atoms with Gasteiger partial charge in [-0.2, -0.15) is 0 Å². The highest BCUT2D eigenvalue weighted by molar-refractivity contribution is 6.08. The third-order valence-corrected chi connectivity index (χ3v) is 10.0. The monoisotopic (exact) mass is 578 g/mol. The van der Waals surface area contributed by atoms with E-state index in [1.54, 1.807) is 0 Å². The average molecular weight is 579 g/mol. The maximum absolute atomic E-state index is 2.44. The number of hydrogen-bond donors (Lipinski definition) is 0. The first-order valence-electron chi connectivity index (χ1n) is 16.1. The minimum Gasteiger partial charge on any atom is -0.0616 e. The highest BCUT2D eigenvalue weighted by Gasteiger charge is 2.36. The van der Waals surface area contributed by atoms with Gasteiger partial charge in [0.05, 0.1) is 0 Å². The summed E-state index contributed by atoms with van der Waals surface area (Å²) in [6.07, 6.45) is 0. The van der Waals surface area contributed by atoms with E-state index in [2.05, 4.69) is 174 Å². The van der Waals surface area contributed by atoms with Crippen LogP contribution in [0.1, 0.15) is 51.3 Å². The van der Waals surface area contributed by atoms with Gasteiger partial charge in [-0.1, -0.05) is 150 Å². The second-order valence-electron chi connectivity index (χ2n) is 14.3. The van der Waals surface area contributed by atoms with Gasteiger partial charge in [0.25, 0.3) is 0 Å². The Labute approximate surface area is 267 Å². The van der Waals surface area contributed by atoms with Crippen LogP contribution in [0.25, 0.3) is 66.1 Å². The highest BCUT2D eigenvalue weighted by Crippen LogP contribution is 2.50. The molecule has 1 aliphatic rings. The van der Waals surface area contributed by atoms with E-state index in [-0.39, 0.29) is 10.8 Å². The zero-order valence-corrected chi connectivity index (χ0v) is 26.8. The van der Waals surface area contributed by atoms with Crippen molar-refractivity contribution in [2.24, 2.45) is 0 Å². The van der Waals surface area contributed by atoms with Gasteiger partial charge in [-0.05, 0) is 112 Å². The van der Waals surface area contributed by atoms with Gasteiger partial charge in [-0.15, -0.1) is 0 Å². The predicted molar refractivity (Wildman–Crippen MR) is 194 cm³/mol. The molecule has 0 heteroatoms. The van der Waals surface area contributed by atoms with Crippen LogP contribution >= 0.6 is 0 Å². The van der Waals surface area contributed by atoms with Crippen molar-refractivity contribution in [1.82, 2.24) is 0 Å². The lowest BCUT2D eigenvalue weighted by Crippen LogP contribution is -2.17. The Morgan fingerprint density at radius 1 is 0.400 bits per heavy atom. The molecular formula is C45H38. The summed E-state index contributed by atoms with van der Waals surface area (Å²) in [6, 6.07) is 52.1. The fourth-order valence-electron chi connectivity index (χ4n) is 7.33. The molecule has 7 aromatic carbocycles. The summed E-state index contributed by atoms with van der Waals surface area (Å²) < 4.78 is 0. The Balaban J connectivity index is 1.14. The summed E-state index contributed by atoms with van der Waals surface area (Å²) in [4.78, 5) is 0. The Hall–Kier alpha value is -4.94. The lowest BCUT2D eigenvalue weighted by Gasteiger charge is -2.25. The first kappa shape index (κ1) is 27.6. The van der Waals surface area contributed by atoms with E-state index >= 15 is 0 Å². The van der Waals surface area contributed by atoms with Crippen molar-refractivity contribution in [3.05, 3.63) is 156 Å². The molecule has 0 amide bonds. The van der Waals surface area contributed by atoms with E-state index < -0.39 is 0 Å². The van der Waals surface area contributed by atoms with E-state index in [1.807, 2.05) is 0 Å². The van der Waals surface area contributed by atoms with E-state index in [1.165, 1.54) is 82.7 Å². The minimum absolute atomic E-state index is 0.0416. The van der Waals surface area contributed by atoms with Crippen molar-refractivity contribution in [1.29, 1.82) is 0 Å². The van der Waals surface area contributed by atoms with Crippen LogP contribution in [-0.4, -0.2) is 0 Å². The van der Waals surface area contributed by atoms with Gasteiger partial charge >= 0.3 is 0 Å². The van der Waals surface area contributed by atoms with Gasteiger partial charge in [0.2, 0.25) is 0 Å². The molecule has 0 radical (unpaired) electrons. The van der Waals surface area contributed by atoms with E-state index in [0.717, 1.165) is 0 Å². The molecule has 0 nitrogen and oxygen atoms in total. The zero-order valence-electron chi connectivity index (χ0n) is 26.8. The molecule has 0 aromatic heterocycles. The van der Waals surface area contributed by atoms with Crippen molar-refractivity contribution >= 4 is 21.5 Å². The summed E-state index contributed by atoms with van der Waals surface area (Å²) in [6.45, 7) is 11.7. The molecule has 0 fully saturated rings. The second-order valence-corrected chi connectivity index (χ2v) is 14.3. The molecule has 7 aromatic rings. The largest absolute Gasteiger partial charge is 0.0616 e.